The summed E-state index contributed by atoms with van der Waals surface area (Å²) in [5.74, 6) is -0.378. The van der Waals surface area contributed by atoms with Crippen LogP contribution in [0.5, 0.6) is 0 Å². The number of benzene rings is 2. The second kappa shape index (κ2) is 7.32. The van der Waals surface area contributed by atoms with E-state index in [4.69, 9.17) is 11.6 Å². The van der Waals surface area contributed by atoms with Gasteiger partial charge in [-0.1, -0.05) is 17.7 Å². The number of amides is 1. The second-order valence-corrected chi connectivity index (χ2v) is 5.83. The molecule has 2 aromatic rings. The number of nitrogens with one attached hydrogen (secondary N) is 1. The van der Waals surface area contributed by atoms with E-state index in [0.29, 0.717) is 16.1 Å². The van der Waals surface area contributed by atoms with Crippen molar-refractivity contribution < 1.29 is 9.72 Å². The van der Waals surface area contributed by atoms with Crippen LogP contribution in [-0.2, 0) is 0 Å². The number of carbonyl (C=O) groups excluding carboxylic acids is 1. The van der Waals surface area contributed by atoms with Crippen LogP contribution in [0.2, 0.25) is 5.02 Å². The molecule has 0 unspecified atom stereocenters. The molecule has 0 spiro atoms. The summed E-state index contributed by atoms with van der Waals surface area (Å²) in [5.41, 5.74) is 3.06. The standard InChI is InChI=1S/C14H9ClIN3O3/c15-13-5-4-12(19(21)22)7-10(13)8-17-18-14(20)9-2-1-3-11(16)6-9/h1-8H,(H,18,20)/b17-8-. The monoisotopic (exact) mass is 429 g/mol. The third kappa shape index (κ3) is 4.25. The fourth-order valence-electron chi connectivity index (χ4n) is 1.60. The van der Waals surface area contributed by atoms with E-state index < -0.39 is 4.92 Å². The van der Waals surface area contributed by atoms with Gasteiger partial charge < -0.3 is 0 Å². The van der Waals surface area contributed by atoms with Crippen LogP contribution in [0, 0.1) is 13.7 Å². The van der Waals surface area contributed by atoms with Crippen molar-refractivity contribution in [3.05, 3.63) is 72.3 Å². The van der Waals surface area contributed by atoms with Crippen molar-refractivity contribution in [3.8, 4) is 0 Å². The van der Waals surface area contributed by atoms with E-state index in [-0.39, 0.29) is 11.6 Å². The first kappa shape index (κ1) is 16.4. The zero-order chi connectivity index (χ0) is 16.1. The average Bonchev–Trinajstić information content (AvgIpc) is 2.48. The highest BCUT2D eigenvalue weighted by molar-refractivity contribution is 14.1. The van der Waals surface area contributed by atoms with Gasteiger partial charge in [0.1, 0.15) is 0 Å². The maximum Gasteiger partial charge on any atom is 0.271 e. The lowest BCUT2D eigenvalue weighted by molar-refractivity contribution is -0.384. The molecule has 0 bridgehead atoms. The van der Waals surface area contributed by atoms with Gasteiger partial charge >= 0.3 is 0 Å². The number of hydrazone groups is 1. The van der Waals surface area contributed by atoms with E-state index in [1.165, 1.54) is 24.4 Å². The van der Waals surface area contributed by atoms with Gasteiger partial charge in [-0.3, -0.25) is 14.9 Å². The Kier molecular flexibility index (Phi) is 5.45. The molecule has 0 fully saturated rings. The van der Waals surface area contributed by atoms with Gasteiger partial charge in [0.05, 0.1) is 11.1 Å². The lowest BCUT2D eigenvalue weighted by Crippen LogP contribution is -2.17. The molecule has 2 rings (SSSR count). The van der Waals surface area contributed by atoms with E-state index in [2.05, 4.69) is 33.1 Å². The average molecular weight is 430 g/mol. The number of nitro benzene ring substituents is 1. The summed E-state index contributed by atoms with van der Waals surface area (Å²) in [6.07, 6.45) is 1.27. The lowest BCUT2D eigenvalue weighted by Gasteiger charge is -2.01. The van der Waals surface area contributed by atoms with Crippen molar-refractivity contribution in [2.75, 3.05) is 0 Å². The molecule has 0 aliphatic carbocycles. The van der Waals surface area contributed by atoms with Gasteiger partial charge in [0.15, 0.2) is 0 Å². The highest BCUT2D eigenvalue weighted by atomic mass is 127. The Morgan fingerprint density at radius 1 is 1.32 bits per heavy atom. The molecule has 1 N–H and O–H groups in total. The molecule has 0 saturated heterocycles. The number of non-ortho nitro benzene ring substituents is 1. The molecule has 22 heavy (non-hydrogen) atoms. The summed E-state index contributed by atoms with van der Waals surface area (Å²) in [6, 6.07) is 11.0. The molecule has 0 aromatic heterocycles. The fraction of sp³-hybridized carbons (Fsp3) is 0. The third-order valence-corrected chi connectivity index (χ3v) is 3.66. The first-order valence-electron chi connectivity index (χ1n) is 6.00. The minimum Gasteiger partial charge on any atom is -0.267 e. The summed E-state index contributed by atoms with van der Waals surface area (Å²) in [6.45, 7) is 0. The molecule has 0 radical (unpaired) electrons. The minimum atomic E-state index is -0.530. The quantitative estimate of drug-likeness (QED) is 0.349. The predicted octanol–water partition coefficient (Wildman–Crippen LogP) is 3.62. The summed E-state index contributed by atoms with van der Waals surface area (Å²) in [7, 11) is 0. The van der Waals surface area contributed by atoms with E-state index in [1.54, 1.807) is 18.2 Å². The van der Waals surface area contributed by atoms with Gasteiger partial charge in [-0.2, -0.15) is 5.10 Å². The molecule has 0 saturated carbocycles. The normalized spacial score (nSPS) is 10.6. The van der Waals surface area contributed by atoms with Gasteiger partial charge in [-0.15, -0.1) is 0 Å². The van der Waals surface area contributed by atoms with E-state index in [0.717, 1.165) is 3.57 Å². The number of halogens is 2. The van der Waals surface area contributed by atoms with Gasteiger partial charge in [0.2, 0.25) is 0 Å². The van der Waals surface area contributed by atoms with Crippen LogP contribution >= 0.6 is 34.2 Å². The number of rotatable bonds is 4. The maximum atomic E-state index is 11.9. The van der Waals surface area contributed by atoms with Crippen LogP contribution in [0.1, 0.15) is 15.9 Å². The fourth-order valence-corrected chi connectivity index (χ4v) is 2.31. The zero-order valence-corrected chi connectivity index (χ0v) is 13.9. The van der Waals surface area contributed by atoms with Gasteiger partial charge in [-0.05, 0) is 46.9 Å². The molecule has 0 heterocycles. The first-order chi connectivity index (χ1) is 10.5. The molecular weight excluding hydrogens is 421 g/mol. The third-order valence-electron chi connectivity index (χ3n) is 2.65. The van der Waals surface area contributed by atoms with Crippen molar-refractivity contribution in [1.82, 2.24) is 5.43 Å². The van der Waals surface area contributed by atoms with Crippen molar-refractivity contribution in [2.24, 2.45) is 5.10 Å². The maximum absolute atomic E-state index is 11.9. The Bertz CT molecular complexity index is 765. The summed E-state index contributed by atoms with van der Waals surface area (Å²) in [4.78, 5) is 22.1. The van der Waals surface area contributed by atoms with Gasteiger partial charge in [0, 0.05) is 31.9 Å². The largest absolute Gasteiger partial charge is 0.271 e. The van der Waals surface area contributed by atoms with Gasteiger partial charge in [0.25, 0.3) is 11.6 Å². The van der Waals surface area contributed by atoms with Crippen LogP contribution in [0.3, 0.4) is 0 Å². The first-order valence-corrected chi connectivity index (χ1v) is 7.46. The zero-order valence-electron chi connectivity index (χ0n) is 11.0. The minimum absolute atomic E-state index is 0.102. The highest BCUT2D eigenvalue weighted by Crippen LogP contribution is 2.20. The molecule has 0 atom stereocenters. The molecular formula is C14H9ClIN3O3. The molecule has 0 aliphatic heterocycles. The Morgan fingerprint density at radius 2 is 2.09 bits per heavy atom. The van der Waals surface area contributed by atoms with Crippen molar-refractivity contribution >= 4 is 52.0 Å². The van der Waals surface area contributed by atoms with Crippen molar-refractivity contribution in [3.63, 3.8) is 0 Å². The molecule has 8 heteroatoms. The van der Waals surface area contributed by atoms with Gasteiger partial charge in [-0.25, -0.2) is 5.43 Å². The van der Waals surface area contributed by atoms with E-state index >= 15 is 0 Å². The van der Waals surface area contributed by atoms with Crippen LogP contribution in [-0.4, -0.2) is 17.0 Å². The van der Waals surface area contributed by atoms with Crippen molar-refractivity contribution in [2.45, 2.75) is 0 Å². The molecule has 6 nitrogen and oxygen atoms in total. The second-order valence-electron chi connectivity index (χ2n) is 4.17. The molecule has 1 amide bonds. The summed E-state index contributed by atoms with van der Waals surface area (Å²) in [5, 5.41) is 14.8. The Labute approximate surface area is 144 Å². The topological polar surface area (TPSA) is 84.6 Å². The van der Waals surface area contributed by atoms with E-state index in [1.807, 2.05) is 6.07 Å². The Balaban J connectivity index is 2.11. The predicted molar refractivity (Wildman–Crippen MR) is 92.3 cm³/mol. The molecule has 112 valence electrons. The van der Waals surface area contributed by atoms with Crippen LogP contribution in [0.15, 0.2) is 47.6 Å². The number of nitrogens with zero attached hydrogens (tertiary/aromatic N) is 2. The number of carbonyl (C=O) groups is 1. The van der Waals surface area contributed by atoms with Crippen LogP contribution < -0.4 is 5.43 Å². The smallest absolute Gasteiger partial charge is 0.267 e. The Morgan fingerprint density at radius 3 is 2.77 bits per heavy atom. The highest BCUT2D eigenvalue weighted by Gasteiger charge is 2.08. The summed E-state index contributed by atoms with van der Waals surface area (Å²) >= 11 is 8.03. The SMILES string of the molecule is O=C(N/N=C\c1cc([N+](=O)[O-])ccc1Cl)c1cccc(I)c1. The van der Waals surface area contributed by atoms with Crippen LogP contribution in [0.25, 0.3) is 0 Å². The number of hydrogen-bond donors (Lipinski definition) is 1. The van der Waals surface area contributed by atoms with Crippen LogP contribution in [0.4, 0.5) is 5.69 Å². The van der Waals surface area contributed by atoms with E-state index in [9.17, 15) is 14.9 Å². The molecule has 2 aromatic carbocycles. The molecule has 0 aliphatic rings. The lowest BCUT2D eigenvalue weighted by atomic mass is 10.2. The summed E-state index contributed by atoms with van der Waals surface area (Å²) < 4.78 is 0.927. The van der Waals surface area contributed by atoms with Crippen molar-refractivity contribution in [1.29, 1.82) is 0 Å². The number of hydrogen-bond acceptors (Lipinski definition) is 4. The Hall–Kier alpha value is -2.00. The number of nitro groups is 1.